The molecular formula is C14H18O2. The fourth-order valence-electron chi connectivity index (χ4n) is 1.42. The maximum atomic E-state index is 10.3. The van der Waals surface area contributed by atoms with Gasteiger partial charge >= 0.3 is 5.97 Å². The van der Waals surface area contributed by atoms with Gasteiger partial charge in [0.1, 0.15) is 0 Å². The van der Waals surface area contributed by atoms with Crippen molar-refractivity contribution in [2.45, 2.75) is 32.6 Å². The van der Waals surface area contributed by atoms with Gasteiger partial charge in [-0.25, -0.2) is 0 Å². The summed E-state index contributed by atoms with van der Waals surface area (Å²) in [5, 5.41) is 8.47. The van der Waals surface area contributed by atoms with E-state index in [1.165, 1.54) is 5.56 Å². The number of benzene rings is 1. The van der Waals surface area contributed by atoms with Gasteiger partial charge in [0.2, 0.25) is 0 Å². The Hall–Kier alpha value is -1.57. The van der Waals surface area contributed by atoms with Crippen LogP contribution in [0.15, 0.2) is 30.3 Å². The molecule has 1 N–H and O–H groups in total. The number of rotatable bonds is 5. The molecule has 0 spiro atoms. The van der Waals surface area contributed by atoms with Crippen molar-refractivity contribution in [1.29, 1.82) is 0 Å². The van der Waals surface area contributed by atoms with Crippen LogP contribution in [-0.4, -0.2) is 11.1 Å². The molecule has 0 saturated carbocycles. The zero-order chi connectivity index (χ0) is 12.0. The van der Waals surface area contributed by atoms with Crippen LogP contribution in [0.1, 0.15) is 43.7 Å². The molecule has 2 heteroatoms. The zero-order valence-electron chi connectivity index (χ0n) is 9.81. The highest BCUT2D eigenvalue weighted by atomic mass is 16.4. The quantitative estimate of drug-likeness (QED) is 0.818. The molecule has 0 fully saturated rings. The van der Waals surface area contributed by atoms with Crippen LogP contribution >= 0.6 is 0 Å². The Bertz CT molecular complexity index is 361. The molecule has 0 radical (unpaired) electrons. The lowest BCUT2D eigenvalue weighted by Gasteiger charge is -2.04. The second-order valence-electron chi connectivity index (χ2n) is 4.16. The van der Waals surface area contributed by atoms with Gasteiger partial charge in [-0.05, 0) is 23.5 Å². The Morgan fingerprint density at radius 1 is 1.31 bits per heavy atom. The van der Waals surface area contributed by atoms with Crippen molar-refractivity contribution >= 4 is 12.0 Å². The van der Waals surface area contributed by atoms with Crippen LogP contribution in [0.3, 0.4) is 0 Å². The summed E-state index contributed by atoms with van der Waals surface area (Å²) in [5.41, 5.74) is 2.44. The van der Waals surface area contributed by atoms with E-state index >= 15 is 0 Å². The minimum Gasteiger partial charge on any atom is -0.481 e. The van der Waals surface area contributed by atoms with E-state index < -0.39 is 5.97 Å². The van der Waals surface area contributed by atoms with Crippen molar-refractivity contribution in [3.63, 3.8) is 0 Å². The third-order valence-electron chi connectivity index (χ3n) is 2.44. The lowest BCUT2D eigenvalue weighted by Crippen LogP contribution is -1.91. The molecule has 0 unspecified atom stereocenters. The Kier molecular flexibility index (Phi) is 4.77. The van der Waals surface area contributed by atoms with Gasteiger partial charge in [0, 0.05) is 6.42 Å². The van der Waals surface area contributed by atoms with Crippen LogP contribution in [-0.2, 0) is 4.79 Å². The summed E-state index contributed by atoms with van der Waals surface area (Å²) in [6, 6.07) is 8.35. The molecule has 86 valence electrons. The van der Waals surface area contributed by atoms with Gasteiger partial charge in [-0.2, -0.15) is 0 Å². The van der Waals surface area contributed by atoms with Crippen molar-refractivity contribution in [3.8, 4) is 0 Å². The van der Waals surface area contributed by atoms with E-state index in [0.29, 0.717) is 12.3 Å². The van der Waals surface area contributed by atoms with Gasteiger partial charge in [-0.3, -0.25) is 4.79 Å². The topological polar surface area (TPSA) is 37.3 Å². The second-order valence-corrected chi connectivity index (χ2v) is 4.16. The van der Waals surface area contributed by atoms with Crippen LogP contribution in [0.2, 0.25) is 0 Å². The molecule has 0 aliphatic rings. The van der Waals surface area contributed by atoms with Crippen LogP contribution in [0, 0.1) is 0 Å². The van der Waals surface area contributed by atoms with Crippen LogP contribution in [0.5, 0.6) is 0 Å². The largest absolute Gasteiger partial charge is 0.481 e. The van der Waals surface area contributed by atoms with Crippen molar-refractivity contribution in [3.05, 3.63) is 41.5 Å². The van der Waals surface area contributed by atoms with Crippen LogP contribution < -0.4 is 0 Å². The van der Waals surface area contributed by atoms with Gasteiger partial charge in [0.05, 0.1) is 0 Å². The van der Waals surface area contributed by atoms with Crippen LogP contribution in [0.25, 0.3) is 6.08 Å². The van der Waals surface area contributed by atoms with Crippen LogP contribution in [0.4, 0.5) is 0 Å². The maximum absolute atomic E-state index is 10.3. The zero-order valence-corrected chi connectivity index (χ0v) is 9.81. The van der Waals surface area contributed by atoms with Gasteiger partial charge in [-0.1, -0.05) is 50.3 Å². The average molecular weight is 218 g/mol. The highest BCUT2D eigenvalue weighted by molar-refractivity contribution is 5.67. The van der Waals surface area contributed by atoms with Crippen molar-refractivity contribution in [2.24, 2.45) is 0 Å². The molecule has 0 heterocycles. The van der Waals surface area contributed by atoms with E-state index in [1.807, 2.05) is 12.2 Å². The predicted octanol–water partition coefficient (Wildman–Crippen LogP) is 3.69. The second kappa shape index (κ2) is 6.11. The first-order valence-corrected chi connectivity index (χ1v) is 5.58. The van der Waals surface area contributed by atoms with Crippen molar-refractivity contribution in [2.75, 3.05) is 0 Å². The number of carboxylic acid groups (broad SMARTS) is 1. The molecule has 1 aromatic carbocycles. The molecule has 0 aromatic heterocycles. The molecule has 2 nitrogen and oxygen atoms in total. The summed E-state index contributed by atoms with van der Waals surface area (Å²) in [6.07, 6.45) is 4.65. The molecule has 0 aliphatic heterocycles. The molecule has 0 saturated heterocycles. The van der Waals surface area contributed by atoms with Gasteiger partial charge < -0.3 is 5.11 Å². The summed E-state index contributed by atoms with van der Waals surface area (Å²) >= 11 is 0. The van der Waals surface area contributed by atoms with E-state index in [4.69, 9.17) is 5.11 Å². The number of allylic oxidation sites excluding steroid dienone is 1. The minimum absolute atomic E-state index is 0.195. The van der Waals surface area contributed by atoms with E-state index in [0.717, 1.165) is 5.56 Å². The molecule has 16 heavy (non-hydrogen) atoms. The average Bonchev–Trinajstić information content (AvgIpc) is 2.25. The number of hydrogen-bond donors (Lipinski definition) is 1. The predicted molar refractivity (Wildman–Crippen MR) is 66.4 cm³/mol. The first-order valence-electron chi connectivity index (χ1n) is 5.58. The summed E-state index contributed by atoms with van der Waals surface area (Å²) in [7, 11) is 0. The first-order chi connectivity index (χ1) is 7.59. The lowest BCUT2D eigenvalue weighted by atomic mass is 10.0. The number of aliphatic carboxylic acids is 1. The minimum atomic E-state index is -0.750. The third-order valence-corrected chi connectivity index (χ3v) is 2.44. The van der Waals surface area contributed by atoms with E-state index in [1.54, 1.807) is 0 Å². The van der Waals surface area contributed by atoms with Gasteiger partial charge in [0.25, 0.3) is 0 Å². The smallest absolute Gasteiger partial charge is 0.303 e. The molecule has 0 amide bonds. The standard InChI is InChI=1S/C14H18O2/c1-11(2)13-9-7-12(8-10-13)5-3-4-6-14(15)16/h3,5,7-11H,4,6H2,1-2H3,(H,15,16)/b5-3+. The molecule has 1 rings (SSSR count). The molecule has 0 aliphatic carbocycles. The SMILES string of the molecule is CC(C)c1ccc(/C=C/CCC(=O)O)cc1. The monoisotopic (exact) mass is 218 g/mol. The Morgan fingerprint density at radius 3 is 2.44 bits per heavy atom. The number of carbonyl (C=O) groups is 1. The summed E-state index contributed by atoms with van der Waals surface area (Å²) in [6.45, 7) is 4.33. The van der Waals surface area contributed by atoms with E-state index in [2.05, 4.69) is 38.1 Å². The maximum Gasteiger partial charge on any atom is 0.303 e. The van der Waals surface area contributed by atoms with E-state index in [9.17, 15) is 4.79 Å². The first kappa shape index (κ1) is 12.5. The molecule has 1 aromatic rings. The van der Waals surface area contributed by atoms with Gasteiger partial charge in [0.15, 0.2) is 0 Å². The lowest BCUT2D eigenvalue weighted by molar-refractivity contribution is -0.136. The summed E-state index contributed by atoms with van der Waals surface area (Å²) < 4.78 is 0. The molecule has 0 bridgehead atoms. The molecular weight excluding hydrogens is 200 g/mol. The summed E-state index contributed by atoms with van der Waals surface area (Å²) in [5.74, 6) is -0.204. The Labute approximate surface area is 96.6 Å². The van der Waals surface area contributed by atoms with Crippen molar-refractivity contribution < 1.29 is 9.90 Å². The fraction of sp³-hybridized carbons (Fsp3) is 0.357. The Morgan fingerprint density at radius 2 is 1.94 bits per heavy atom. The van der Waals surface area contributed by atoms with E-state index in [-0.39, 0.29) is 6.42 Å². The highest BCUT2D eigenvalue weighted by Gasteiger charge is 1.97. The molecule has 0 atom stereocenters. The van der Waals surface area contributed by atoms with Crippen molar-refractivity contribution in [1.82, 2.24) is 0 Å². The third kappa shape index (κ3) is 4.30. The number of hydrogen-bond acceptors (Lipinski definition) is 1. The Balaban J connectivity index is 2.51. The highest BCUT2D eigenvalue weighted by Crippen LogP contribution is 2.15. The normalized spacial score (nSPS) is 11.2. The van der Waals surface area contributed by atoms with Gasteiger partial charge in [-0.15, -0.1) is 0 Å². The fourth-order valence-corrected chi connectivity index (χ4v) is 1.42. The number of carboxylic acids is 1. The summed E-state index contributed by atoms with van der Waals surface area (Å²) in [4.78, 5) is 10.3.